The molecule has 5 N–H and O–H groups in total. The summed E-state index contributed by atoms with van der Waals surface area (Å²) in [6, 6.07) is 8.10. The van der Waals surface area contributed by atoms with E-state index in [0.29, 0.717) is 18.9 Å². The lowest BCUT2D eigenvalue weighted by molar-refractivity contribution is 0.0996. The maximum Gasteiger partial charge on any atom is 0.271 e. The number of rotatable bonds is 6. The molecular weight excluding hydrogens is 254 g/mol. The van der Waals surface area contributed by atoms with Gasteiger partial charge >= 0.3 is 0 Å². The molecule has 0 aliphatic carbocycles. The third kappa shape index (κ3) is 3.52. The first-order valence-corrected chi connectivity index (χ1v) is 6.33. The number of primary amides is 1. The van der Waals surface area contributed by atoms with Gasteiger partial charge in [0.2, 0.25) is 0 Å². The topological polar surface area (TPSA) is 107 Å². The fraction of sp³-hybridized carbons (Fsp3) is 0.214. The van der Waals surface area contributed by atoms with Crippen LogP contribution >= 0.6 is 0 Å². The van der Waals surface area contributed by atoms with Crippen molar-refractivity contribution in [2.24, 2.45) is 11.5 Å². The van der Waals surface area contributed by atoms with E-state index < -0.39 is 5.91 Å². The molecule has 20 heavy (non-hydrogen) atoms. The van der Waals surface area contributed by atoms with Gasteiger partial charge in [0.1, 0.15) is 0 Å². The van der Waals surface area contributed by atoms with E-state index in [-0.39, 0.29) is 5.69 Å². The van der Waals surface area contributed by atoms with Crippen molar-refractivity contribution < 1.29 is 4.79 Å². The van der Waals surface area contributed by atoms with Gasteiger partial charge in [-0.3, -0.25) is 4.79 Å². The number of nitrogens with two attached hydrogens (primary N) is 2. The van der Waals surface area contributed by atoms with Crippen molar-refractivity contribution in [3.8, 4) is 0 Å². The van der Waals surface area contributed by atoms with Gasteiger partial charge in [0, 0.05) is 18.9 Å². The van der Waals surface area contributed by atoms with Crippen LogP contribution in [0.4, 0.5) is 5.82 Å². The van der Waals surface area contributed by atoms with Crippen molar-refractivity contribution in [1.82, 2.24) is 9.97 Å². The molecule has 0 saturated heterocycles. The number of benzene rings is 1. The maximum absolute atomic E-state index is 11.2. The second-order valence-electron chi connectivity index (χ2n) is 4.33. The van der Waals surface area contributed by atoms with Crippen molar-refractivity contribution in [2.45, 2.75) is 13.0 Å². The average molecular weight is 271 g/mol. The fourth-order valence-electron chi connectivity index (χ4n) is 1.82. The predicted molar refractivity (Wildman–Crippen MR) is 77.1 cm³/mol. The van der Waals surface area contributed by atoms with Crippen LogP contribution in [0.3, 0.4) is 0 Å². The standard InChI is InChI=1S/C14H17N5O/c15-6-5-10-1-3-11(4-2-10)9-19-14-12(13(16)20)17-7-8-18-14/h1-4,7-8H,5-6,9,15H2,(H2,16,20)(H,18,19). The van der Waals surface area contributed by atoms with E-state index in [9.17, 15) is 4.79 Å². The highest BCUT2D eigenvalue weighted by Crippen LogP contribution is 2.11. The summed E-state index contributed by atoms with van der Waals surface area (Å²) >= 11 is 0. The number of carbonyl (C=O) groups excluding carboxylic acids is 1. The first-order valence-electron chi connectivity index (χ1n) is 6.33. The maximum atomic E-state index is 11.2. The molecule has 6 nitrogen and oxygen atoms in total. The fourth-order valence-corrected chi connectivity index (χ4v) is 1.82. The van der Waals surface area contributed by atoms with Gasteiger partial charge in [0.25, 0.3) is 5.91 Å². The average Bonchev–Trinajstić information content (AvgIpc) is 2.47. The second kappa shape index (κ2) is 6.63. The van der Waals surface area contributed by atoms with E-state index in [0.717, 1.165) is 12.0 Å². The highest BCUT2D eigenvalue weighted by molar-refractivity contribution is 5.95. The molecule has 0 radical (unpaired) electrons. The van der Waals surface area contributed by atoms with Gasteiger partial charge in [0.15, 0.2) is 11.5 Å². The Morgan fingerprint density at radius 3 is 2.40 bits per heavy atom. The third-order valence-corrected chi connectivity index (χ3v) is 2.85. The SMILES string of the molecule is NCCc1ccc(CNc2nccnc2C(N)=O)cc1. The van der Waals surface area contributed by atoms with Crippen LogP contribution in [-0.2, 0) is 13.0 Å². The van der Waals surface area contributed by atoms with Gasteiger partial charge in [-0.2, -0.15) is 0 Å². The number of nitrogens with zero attached hydrogens (tertiary/aromatic N) is 2. The molecule has 0 saturated carbocycles. The molecule has 1 aromatic heterocycles. The van der Waals surface area contributed by atoms with Crippen LogP contribution in [0.5, 0.6) is 0 Å². The number of amides is 1. The molecule has 1 amide bonds. The first kappa shape index (κ1) is 14.0. The summed E-state index contributed by atoms with van der Waals surface area (Å²) in [5.74, 6) is -0.204. The minimum atomic E-state index is -0.598. The molecule has 1 aromatic carbocycles. The van der Waals surface area contributed by atoms with E-state index in [4.69, 9.17) is 11.5 Å². The second-order valence-corrected chi connectivity index (χ2v) is 4.33. The molecule has 6 heteroatoms. The van der Waals surface area contributed by atoms with Crippen LogP contribution in [0.2, 0.25) is 0 Å². The lowest BCUT2D eigenvalue weighted by Crippen LogP contribution is -2.17. The molecule has 0 spiro atoms. The highest BCUT2D eigenvalue weighted by atomic mass is 16.1. The monoisotopic (exact) mass is 271 g/mol. The Balaban J connectivity index is 2.03. The Morgan fingerprint density at radius 2 is 1.75 bits per heavy atom. The zero-order valence-corrected chi connectivity index (χ0v) is 11.0. The van der Waals surface area contributed by atoms with Gasteiger partial charge in [-0.1, -0.05) is 24.3 Å². The number of hydrogen-bond donors (Lipinski definition) is 3. The van der Waals surface area contributed by atoms with E-state index in [1.165, 1.54) is 18.0 Å². The predicted octanol–water partition coefficient (Wildman–Crippen LogP) is 0.689. The Labute approximate surface area is 117 Å². The van der Waals surface area contributed by atoms with Crippen LogP contribution in [0.1, 0.15) is 21.6 Å². The summed E-state index contributed by atoms with van der Waals surface area (Å²) in [4.78, 5) is 19.2. The summed E-state index contributed by atoms with van der Waals surface area (Å²) in [7, 11) is 0. The van der Waals surface area contributed by atoms with Gasteiger partial charge in [-0.15, -0.1) is 0 Å². The summed E-state index contributed by atoms with van der Waals surface area (Å²) < 4.78 is 0. The summed E-state index contributed by atoms with van der Waals surface area (Å²) in [5, 5.41) is 3.06. The van der Waals surface area contributed by atoms with E-state index in [1.807, 2.05) is 24.3 Å². The summed E-state index contributed by atoms with van der Waals surface area (Å²) in [5.41, 5.74) is 13.2. The highest BCUT2D eigenvalue weighted by Gasteiger charge is 2.09. The quantitative estimate of drug-likeness (QED) is 0.716. The molecule has 1 heterocycles. The van der Waals surface area contributed by atoms with Crippen LogP contribution < -0.4 is 16.8 Å². The van der Waals surface area contributed by atoms with Crippen molar-refractivity contribution in [2.75, 3.05) is 11.9 Å². The van der Waals surface area contributed by atoms with Crippen LogP contribution in [0, 0.1) is 0 Å². The molecule has 0 bridgehead atoms. The Morgan fingerprint density at radius 1 is 1.10 bits per heavy atom. The largest absolute Gasteiger partial charge is 0.364 e. The third-order valence-electron chi connectivity index (χ3n) is 2.85. The minimum absolute atomic E-state index is 0.146. The van der Waals surface area contributed by atoms with Crippen molar-refractivity contribution >= 4 is 11.7 Å². The Hall–Kier alpha value is -2.47. The Bertz CT molecular complexity index is 582. The first-order chi connectivity index (χ1) is 9.70. The number of anilines is 1. The van der Waals surface area contributed by atoms with Crippen LogP contribution in [-0.4, -0.2) is 22.4 Å². The van der Waals surface area contributed by atoms with Crippen LogP contribution in [0.25, 0.3) is 0 Å². The van der Waals surface area contributed by atoms with Gasteiger partial charge < -0.3 is 16.8 Å². The van der Waals surface area contributed by atoms with Crippen molar-refractivity contribution in [3.63, 3.8) is 0 Å². The lowest BCUT2D eigenvalue weighted by Gasteiger charge is -2.08. The molecule has 0 fully saturated rings. The van der Waals surface area contributed by atoms with Gasteiger partial charge in [-0.05, 0) is 24.1 Å². The van der Waals surface area contributed by atoms with Crippen molar-refractivity contribution in [3.05, 3.63) is 53.5 Å². The molecular formula is C14H17N5O. The molecule has 0 aliphatic rings. The number of hydrogen-bond acceptors (Lipinski definition) is 5. The lowest BCUT2D eigenvalue weighted by atomic mass is 10.1. The molecule has 2 aromatic rings. The molecule has 0 unspecified atom stereocenters. The van der Waals surface area contributed by atoms with Gasteiger partial charge in [0.05, 0.1) is 0 Å². The number of aromatic nitrogens is 2. The summed E-state index contributed by atoms with van der Waals surface area (Å²) in [6.07, 6.45) is 3.82. The smallest absolute Gasteiger partial charge is 0.271 e. The van der Waals surface area contributed by atoms with Crippen LogP contribution in [0.15, 0.2) is 36.7 Å². The summed E-state index contributed by atoms with van der Waals surface area (Å²) in [6.45, 7) is 1.18. The molecule has 0 aliphatic heterocycles. The number of carbonyl (C=O) groups is 1. The minimum Gasteiger partial charge on any atom is -0.364 e. The number of nitrogens with one attached hydrogen (secondary N) is 1. The van der Waals surface area contributed by atoms with E-state index in [1.54, 1.807) is 0 Å². The van der Waals surface area contributed by atoms with Crippen molar-refractivity contribution in [1.29, 1.82) is 0 Å². The Kier molecular flexibility index (Phi) is 4.62. The normalized spacial score (nSPS) is 10.2. The molecule has 104 valence electrons. The van der Waals surface area contributed by atoms with Gasteiger partial charge in [-0.25, -0.2) is 9.97 Å². The van der Waals surface area contributed by atoms with E-state index >= 15 is 0 Å². The zero-order chi connectivity index (χ0) is 14.4. The molecule has 0 atom stereocenters. The van der Waals surface area contributed by atoms with E-state index in [2.05, 4.69) is 15.3 Å². The molecule has 2 rings (SSSR count). The zero-order valence-electron chi connectivity index (χ0n) is 11.0.